The number of phenolic OH excluding ortho intramolecular Hbond substituents is 1. The molecule has 1 aliphatic carbocycles. The number of carbonyl (C=O) groups excluding carboxylic acids is 4. The zero-order chi connectivity index (χ0) is 30.0. The predicted molar refractivity (Wildman–Crippen MR) is 152 cm³/mol. The molecule has 0 aromatic heterocycles. The second-order valence-corrected chi connectivity index (χ2v) is 12.5. The van der Waals surface area contributed by atoms with Crippen molar-refractivity contribution in [2.75, 3.05) is 6.54 Å². The highest BCUT2D eigenvalue weighted by Crippen LogP contribution is 2.37. The Morgan fingerprint density at radius 3 is 2.44 bits per heavy atom. The van der Waals surface area contributed by atoms with E-state index in [1.165, 1.54) is 4.90 Å². The van der Waals surface area contributed by atoms with E-state index in [4.69, 9.17) is 9.47 Å². The van der Waals surface area contributed by atoms with Crippen molar-refractivity contribution >= 4 is 23.7 Å². The largest absolute Gasteiger partial charge is 0.507 e. The lowest BCUT2D eigenvalue weighted by Crippen LogP contribution is -2.55. The smallest absolute Gasteiger partial charge is 0.310 e. The SMILES string of the molecule is Cc1cc(C(=O)N[C@@H](C)C(=O)N2CCC[C@H]2C(=O)N[C@H]2CC(=O)OC2OC2C[C@H](C)CC[C@H]2C(C)C)cc(C)c1O. The predicted octanol–water partition coefficient (Wildman–Crippen LogP) is 3.35. The number of nitrogens with one attached hydrogen (secondary N) is 2. The zero-order valence-electron chi connectivity index (χ0n) is 25.1. The molecule has 10 nitrogen and oxygen atoms in total. The molecular formula is C31H45N3O7. The number of cyclic esters (lactones) is 1. The second-order valence-electron chi connectivity index (χ2n) is 12.5. The number of nitrogens with zero attached hydrogens (tertiary/aromatic N) is 1. The number of rotatable bonds is 8. The van der Waals surface area contributed by atoms with Crippen molar-refractivity contribution in [1.82, 2.24) is 15.5 Å². The molecule has 2 heterocycles. The first-order valence-electron chi connectivity index (χ1n) is 14.9. The van der Waals surface area contributed by atoms with Gasteiger partial charge in [-0.1, -0.05) is 27.2 Å². The molecule has 1 saturated carbocycles. The fourth-order valence-corrected chi connectivity index (χ4v) is 6.48. The van der Waals surface area contributed by atoms with E-state index in [9.17, 15) is 24.3 Å². The minimum atomic E-state index is -0.862. The maximum Gasteiger partial charge on any atom is 0.310 e. The normalized spacial score (nSPS) is 28.9. The molecule has 2 aliphatic heterocycles. The summed E-state index contributed by atoms with van der Waals surface area (Å²) in [6.45, 7) is 12.0. The van der Waals surface area contributed by atoms with Gasteiger partial charge in [-0.2, -0.15) is 0 Å². The summed E-state index contributed by atoms with van der Waals surface area (Å²) >= 11 is 0. The molecule has 10 heteroatoms. The molecule has 3 amide bonds. The van der Waals surface area contributed by atoms with E-state index in [1.54, 1.807) is 32.9 Å². The van der Waals surface area contributed by atoms with Gasteiger partial charge in [0.2, 0.25) is 18.1 Å². The molecule has 0 bridgehead atoms. The molecular weight excluding hydrogens is 526 g/mol. The van der Waals surface area contributed by atoms with Gasteiger partial charge in [-0.05, 0) is 87.5 Å². The molecule has 2 unspecified atom stereocenters. The standard InChI is InChI=1S/C31H45N3O7/c1-16(2)22-10-9-17(3)12-25(22)40-31-23(15-26(35)41-31)33-29(38)24-8-7-11-34(24)30(39)20(6)32-28(37)21-13-18(4)27(36)19(5)14-21/h13-14,16-17,20,22-25,31,36H,7-12,15H2,1-6H3,(H,32,37)(H,33,38)/t17-,20+,22+,23+,24+,25?,31?/m1/s1. The van der Waals surface area contributed by atoms with Crippen LogP contribution in [-0.2, 0) is 23.9 Å². The van der Waals surface area contributed by atoms with Crippen LogP contribution >= 0.6 is 0 Å². The van der Waals surface area contributed by atoms with E-state index in [2.05, 4.69) is 31.4 Å². The molecule has 3 fully saturated rings. The number of amides is 3. The lowest BCUT2D eigenvalue weighted by atomic mass is 9.75. The lowest BCUT2D eigenvalue weighted by Gasteiger charge is -2.39. The van der Waals surface area contributed by atoms with Gasteiger partial charge in [-0.25, -0.2) is 0 Å². The Hall–Kier alpha value is -3.14. The molecule has 2 saturated heterocycles. The molecule has 41 heavy (non-hydrogen) atoms. The van der Waals surface area contributed by atoms with Gasteiger partial charge in [-0.3, -0.25) is 19.2 Å². The van der Waals surface area contributed by atoms with Crippen molar-refractivity contribution in [2.45, 2.75) is 111 Å². The number of hydrogen-bond donors (Lipinski definition) is 3. The maximum absolute atomic E-state index is 13.4. The summed E-state index contributed by atoms with van der Waals surface area (Å²) < 4.78 is 11.9. The van der Waals surface area contributed by atoms with Gasteiger partial charge < -0.3 is 30.1 Å². The quantitative estimate of drug-likeness (QED) is 0.408. The van der Waals surface area contributed by atoms with Crippen molar-refractivity contribution in [3.05, 3.63) is 28.8 Å². The molecule has 226 valence electrons. The van der Waals surface area contributed by atoms with E-state index in [1.807, 2.05) is 0 Å². The number of benzene rings is 1. The van der Waals surface area contributed by atoms with Crippen LogP contribution in [0.1, 0.15) is 87.7 Å². The highest BCUT2D eigenvalue weighted by molar-refractivity contribution is 5.99. The first-order valence-corrected chi connectivity index (χ1v) is 14.9. The van der Waals surface area contributed by atoms with Crippen LogP contribution in [-0.4, -0.2) is 70.8 Å². The van der Waals surface area contributed by atoms with E-state index >= 15 is 0 Å². The third kappa shape index (κ3) is 7.02. The number of ether oxygens (including phenoxy) is 2. The maximum atomic E-state index is 13.4. The topological polar surface area (TPSA) is 134 Å². The second kappa shape index (κ2) is 12.8. The fraction of sp³-hybridized carbons (Fsp3) is 0.677. The van der Waals surface area contributed by atoms with Crippen molar-refractivity contribution in [2.24, 2.45) is 17.8 Å². The highest BCUT2D eigenvalue weighted by Gasteiger charge is 2.44. The Labute approximate surface area is 242 Å². The number of likely N-dealkylation sites (tertiary alicyclic amines) is 1. The van der Waals surface area contributed by atoms with Crippen molar-refractivity contribution in [3.8, 4) is 5.75 Å². The number of carbonyl (C=O) groups is 4. The molecule has 3 aliphatic rings. The Bertz CT molecular complexity index is 1150. The summed E-state index contributed by atoms with van der Waals surface area (Å²) in [5.41, 5.74) is 1.48. The van der Waals surface area contributed by atoms with Gasteiger partial charge in [0.05, 0.1) is 12.5 Å². The van der Waals surface area contributed by atoms with Crippen LogP contribution < -0.4 is 10.6 Å². The van der Waals surface area contributed by atoms with Gasteiger partial charge in [0, 0.05) is 12.1 Å². The van der Waals surface area contributed by atoms with Crippen molar-refractivity contribution < 1.29 is 33.8 Å². The third-order valence-electron chi connectivity index (χ3n) is 8.87. The van der Waals surface area contributed by atoms with Crippen LogP contribution in [0.15, 0.2) is 12.1 Å². The molecule has 0 spiro atoms. The van der Waals surface area contributed by atoms with Crippen LogP contribution in [0.25, 0.3) is 0 Å². The van der Waals surface area contributed by atoms with Crippen LogP contribution in [0.5, 0.6) is 5.75 Å². The Morgan fingerprint density at radius 2 is 1.78 bits per heavy atom. The molecule has 7 atom stereocenters. The number of phenols is 1. The average molecular weight is 572 g/mol. The Kier molecular flexibility index (Phi) is 9.62. The molecule has 3 N–H and O–H groups in total. The first kappa shape index (κ1) is 30.8. The lowest BCUT2D eigenvalue weighted by molar-refractivity contribution is -0.191. The Morgan fingerprint density at radius 1 is 1.10 bits per heavy atom. The van der Waals surface area contributed by atoms with E-state index in [0.717, 1.165) is 19.3 Å². The van der Waals surface area contributed by atoms with Gasteiger partial charge in [0.25, 0.3) is 5.91 Å². The summed E-state index contributed by atoms with van der Waals surface area (Å²) in [6, 6.07) is 0.938. The fourth-order valence-electron chi connectivity index (χ4n) is 6.48. The summed E-state index contributed by atoms with van der Waals surface area (Å²) in [6.07, 6.45) is 3.33. The average Bonchev–Trinajstić information content (AvgIpc) is 3.52. The minimum Gasteiger partial charge on any atom is -0.507 e. The van der Waals surface area contributed by atoms with Crippen LogP contribution in [0.3, 0.4) is 0 Å². The summed E-state index contributed by atoms with van der Waals surface area (Å²) in [7, 11) is 0. The van der Waals surface area contributed by atoms with Crippen LogP contribution in [0.2, 0.25) is 0 Å². The number of esters is 1. The summed E-state index contributed by atoms with van der Waals surface area (Å²) in [5.74, 6) is -0.124. The number of aryl methyl sites for hydroxylation is 2. The van der Waals surface area contributed by atoms with Crippen LogP contribution in [0, 0.1) is 31.6 Å². The van der Waals surface area contributed by atoms with Crippen molar-refractivity contribution in [1.29, 1.82) is 0 Å². The van der Waals surface area contributed by atoms with Gasteiger partial charge >= 0.3 is 5.97 Å². The molecule has 4 rings (SSSR count). The number of aromatic hydroxyl groups is 1. The van der Waals surface area contributed by atoms with E-state index < -0.39 is 36.3 Å². The summed E-state index contributed by atoms with van der Waals surface area (Å²) in [4.78, 5) is 53.4. The van der Waals surface area contributed by atoms with Crippen molar-refractivity contribution in [3.63, 3.8) is 0 Å². The van der Waals surface area contributed by atoms with Gasteiger partial charge in [0.1, 0.15) is 23.9 Å². The summed E-state index contributed by atoms with van der Waals surface area (Å²) in [5, 5.41) is 15.7. The number of hydrogen-bond acceptors (Lipinski definition) is 7. The van der Waals surface area contributed by atoms with Gasteiger partial charge in [0.15, 0.2) is 0 Å². The zero-order valence-corrected chi connectivity index (χ0v) is 25.1. The molecule has 1 aromatic carbocycles. The van der Waals surface area contributed by atoms with E-state index in [0.29, 0.717) is 53.8 Å². The molecule has 0 radical (unpaired) electrons. The molecule has 1 aromatic rings. The minimum absolute atomic E-state index is 0.0175. The van der Waals surface area contributed by atoms with E-state index in [-0.39, 0.29) is 30.1 Å². The van der Waals surface area contributed by atoms with Crippen LogP contribution in [0.4, 0.5) is 0 Å². The monoisotopic (exact) mass is 571 g/mol. The highest BCUT2D eigenvalue weighted by atomic mass is 16.7. The Balaban J connectivity index is 1.38. The first-order chi connectivity index (χ1) is 19.3. The van der Waals surface area contributed by atoms with Gasteiger partial charge in [-0.15, -0.1) is 0 Å². The third-order valence-corrected chi connectivity index (χ3v) is 8.87.